The maximum absolute atomic E-state index is 13.0. The fourth-order valence-electron chi connectivity index (χ4n) is 3.00. The Kier molecular flexibility index (Phi) is 5.37. The van der Waals surface area contributed by atoms with E-state index in [-0.39, 0.29) is 5.91 Å². The molecule has 28 heavy (non-hydrogen) atoms. The molecule has 0 spiro atoms. The van der Waals surface area contributed by atoms with Gasteiger partial charge in [0.1, 0.15) is 0 Å². The van der Waals surface area contributed by atoms with E-state index in [0.29, 0.717) is 17.1 Å². The molecule has 4 nitrogen and oxygen atoms in total. The smallest absolute Gasteiger partial charge is 0.252 e. The second kappa shape index (κ2) is 8.09. The maximum atomic E-state index is 13.0. The molecular weight excluding hydrogens is 390 g/mol. The average Bonchev–Trinajstić information content (AvgIpc) is 3.21. The molecule has 4 aromatic rings. The summed E-state index contributed by atoms with van der Waals surface area (Å²) in [5, 5.41) is 4.29. The van der Waals surface area contributed by atoms with Gasteiger partial charge in [0.15, 0.2) is 0 Å². The van der Waals surface area contributed by atoms with Crippen LogP contribution < -0.4 is 5.32 Å². The number of nitrogens with zero attached hydrogens (tertiary/aromatic N) is 2. The molecule has 0 fully saturated rings. The minimum Gasteiger partial charge on any atom is -0.348 e. The van der Waals surface area contributed by atoms with E-state index in [1.54, 1.807) is 35.9 Å². The molecule has 0 aliphatic rings. The van der Waals surface area contributed by atoms with Gasteiger partial charge in [0, 0.05) is 34.2 Å². The van der Waals surface area contributed by atoms with Crippen molar-refractivity contribution in [3.8, 4) is 10.6 Å². The minimum atomic E-state index is -0.160. The maximum Gasteiger partial charge on any atom is 0.252 e. The highest BCUT2D eigenvalue weighted by Gasteiger charge is 2.15. The third-order valence-corrected chi connectivity index (χ3v) is 5.94. The predicted octanol–water partition coefficient (Wildman–Crippen LogP) is 5.50. The molecule has 6 heteroatoms. The van der Waals surface area contributed by atoms with E-state index in [0.717, 1.165) is 33.5 Å². The Morgan fingerprint density at radius 3 is 2.82 bits per heavy atom. The topological polar surface area (TPSA) is 54.9 Å². The minimum absolute atomic E-state index is 0.160. The summed E-state index contributed by atoms with van der Waals surface area (Å²) >= 11 is 7.88. The fourth-order valence-corrected chi connectivity index (χ4v) is 4.08. The number of aromatic nitrogens is 2. The molecule has 3 heterocycles. The second-order valence-electron chi connectivity index (χ2n) is 6.38. The lowest BCUT2D eigenvalue weighted by Crippen LogP contribution is -2.23. The molecule has 0 saturated carbocycles. The van der Waals surface area contributed by atoms with E-state index in [1.807, 2.05) is 24.3 Å². The third kappa shape index (κ3) is 3.91. The molecule has 1 N–H and O–H groups in total. The summed E-state index contributed by atoms with van der Waals surface area (Å²) in [6, 6.07) is 15.2. The van der Waals surface area contributed by atoms with Gasteiger partial charge in [-0.1, -0.05) is 24.6 Å². The summed E-state index contributed by atoms with van der Waals surface area (Å²) in [5.41, 5.74) is 3.06. The Morgan fingerprint density at radius 1 is 1.18 bits per heavy atom. The number of fused-ring (bicyclic) bond motifs is 1. The van der Waals surface area contributed by atoms with Crippen LogP contribution in [0.5, 0.6) is 0 Å². The van der Waals surface area contributed by atoms with Crippen LogP contribution in [0.1, 0.15) is 27.7 Å². The molecule has 0 atom stereocenters. The van der Waals surface area contributed by atoms with Crippen molar-refractivity contribution >= 4 is 39.7 Å². The first-order valence-corrected chi connectivity index (χ1v) is 10.2. The molecule has 140 valence electrons. The zero-order chi connectivity index (χ0) is 19.5. The molecular formula is C22H18ClN3OS. The summed E-state index contributed by atoms with van der Waals surface area (Å²) in [4.78, 5) is 24.2. The number of aryl methyl sites for hydroxylation is 1. The van der Waals surface area contributed by atoms with Gasteiger partial charge in [0.05, 0.1) is 21.7 Å². The van der Waals surface area contributed by atoms with Gasteiger partial charge in [0.2, 0.25) is 0 Å². The van der Waals surface area contributed by atoms with Gasteiger partial charge < -0.3 is 5.32 Å². The van der Waals surface area contributed by atoms with Crippen molar-refractivity contribution in [2.75, 3.05) is 0 Å². The zero-order valence-corrected chi connectivity index (χ0v) is 16.8. The number of carbonyl (C=O) groups is 1. The van der Waals surface area contributed by atoms with E-state index in [1.165, 1.54) is 4.88 Å². The van der Waals surface area contributed by atoms with Crippen LogP contribution in [0.2, 0.25) is 5.02 Å². The molecule has 0 radical (unpaired) electrons. The summed E-state index contributed by atoms with van der Waals surface area (Å²) in [7, 11) is 0. The van der Waals surface area contributed by atoms with Gasteiger partial charge in [-0.05, 0) is 54.4 Å². The van der Waals surface area contributed by atoms with Crippen LogP contribution in [0, 0.1) is 0 Å². The van der Waals surface area contributed by atoms with Crippen molar-refractivity contribution in [2.24, 2.45) is 0 Å². The van der Waals surface area contributed by atoms with Crippen LogP contribution in [0.15, 0.2) is 60.9 Å². The molecule has 0 saturated heterocycles. The first-order chi connectivity index (χ1) is 13.6. The summed E-state index contributed by atoms with van der Waals surface area (Å²) in [6.45, 7) is 2.54. The predicted molar refractivity (Wildman–Crippen MR) is 115 cm³/mol. The second-order valence-corrected chi connectivity index (χ2v) is 7.98. The molecule has 1 aromatic carbocycles. The van der Waals surface area contributed by atoms with Crippen molar-refractivity contribution in [3.63, 3.8) is 0 Å². The Bertz CT molecular complexity index is 1140. The van der Waals surface area contributed by atoms with E-state index in [2.05, 4.69) is 29.4 Å². The van der Waals surface area contributed by atoms with Crippen LogP contribution in [0.25, 0.3) is 21.5 Å². The highest BCUT2D eigenvalue weighted by atomic mass is 35.5. The van der Waals surface area contributed by atoms with E-state index >= 15 is 0 Å². The number of hydrogen-bond donors (Lipinski definition) is 1. The van der Waals surface area contributed by atoms with E-state index in [9.17, 15) is 4.79 Å². The largest absolute Gasteiger partial charge is 0.348 e. The molecule has 0 aliphatic carbocycles. The lowest BCUT2D eigenvalue weighted by Gasteiger charge is -2.10. The number of amides is 1. The van der Waals surface area contributed by atoms with Crippen LogP contribution in [0.4, 0.5) is 0 Å². The van der Waals surface area contributed by atoms with Gasteiger partial charge in [0.25, 0.3) is 5.91 Å². The Morgan fingerprint density at radius 2 is 2.07 bits per heavy atom. The number of rotatable bonds is 5. The summed E-state index contributed by atoms with van der Waals surface area (Å²) in [5.74, 6) is -0.160. The number of benzene rings is 1. The van der Waals surface area contributed by atoms with Crippen LogP contribution >= 0.6 is 22.9 Å². The Balaban J connectivity index is 1.74. The highest BCUT2D eigenvalue weighted by Crippen LogP contribution is 2.31. The van der Waals surface area contributed by atoms with Gasteiger partial charge in [-0.25, -0.2) is 4.98 Å². The first-order valence-electron chi connectivity index (χ1n) is 9.00. The van der Waals surface area contributed by atoms with Crippen LogP contribution in [0.3, 0.4) is 0 Å². The lowest BCUT2D eigenvalue weighted by molar-refractivity contribution is 0.0952. The highest BCUT2D eigenvalue weighted by molar-refractivity contribution is 7.15. The lowest BCUT2D eigenvalue weighted by atomic mass is 10.1. The van der Waals surface area contributed by atoms with Gasteiger partial charge in [-0.2, -0.15) is 0 Å². The monoisotopic (exact) mass is 407 g/mol. The molecule has 0 unspecified atom stereocenters. The van der Waals surface area contributed by atoms with Crippen LogP contribution in [-0.2, 0) is 13.0 Å². The molecule has 0 aliphatic heterocycles. The van der Waals surface area contributed by atoms with Crippen molar-refractivity contribution in [2.45, 2.75) is 19.9 Å². The van der Waals surface area contributed by atoms with Gasteiger partial charge in [-0.3, -0.25) is 9.78 Å². The summed E-state index contributed by atoms with van der Waals surface area (Å²) in [6.07, 6.45) is 4.43. The first kappa shape index (κ1) is 18.6. The number of hydrogen-bond acceptors (Lipinski definition) is 4. The van der Waals surface area contributed by atoms with Gasteiger partial charge >= 0.3 is 0 Å². The normalized spacial score (nSPS) is 10.9. The average molecular weight is 408 g/mol. The number of nitrogens with one attached hydrogen (secondary N) is 1. The Hall–Kier alpha value is -2.76. The van der Waals surface area contributed by atoms with Crippen molar-refractivity contribution in [1.29, 1.82) is 0 Å². The van der Waals surface area contributed by atoms with Crippen molar-refractivity contribution in [1.82, 2.24) is 15.3 Å². The summed E-state index contributed by atoms with van der Waals surface area (Å²) < 4.78 is 0. The number of pyridine rings is 2. The standard InChI is InChI=1S/C22H18ClN3OS/c1-2-16-6-8-21(28-16)20-11-18(17-10-15(23)5-7-19(17)26-20)22(27)25-13-14-4-3-9-24-12-14/h3-12H,2,13H2,1H3,(H,25,27). The zero-order valence-electron chi connectivity index (χ0n) is 15.3. The SMILES string of the molecule is CCc1ccc(-c2cc(C(=O)NCc3cccnc3)c3cc(Cl)ccc3n2)s1. The Labute approximate surface area is 172 Å². The molecule has 3 aromatic heterocycles. The van der Waals surface area contributed by atoms with E-state index < -0.39 is 0 Å². The molecule has 1 amide bonds. The van der Waals surface area contributed by atoms with E-state index in [4.69, 9.17) is 16.6 Å². The van der Waals surface area contributed by atoms with Crippen LogP contribution in [-0.4, -0.2) is 15.9 Å². The number of halogens is 1. The van der Waals surface area contributed by atoms with Crippen molar-refractivity contribution in [3.05, 3.63) is 82.0 Å². The molecule has 0 bridgehead atoms. The number of carbonyl (C=O) groups excluding carboxylic acids is 1. The van der Waals surface area contributed by atoms with Crippen molar-refractivity contribution < 1.29 is 4.79 Å². The fraction of sp³-hybridized carbons (Fsp3) is 0.136. The number of thiophene rings is 1. The quantitative estimate of drug-likeness (QED) is 0.475. The van der Waals surface area contributed by atoms with Gasteiger partial charge in [-0.15, -0.1) is 11.3 Å². The molecule has 4 rings (SSSR count). The third-order valence-electron chi connectivity index (χ3n) is 4.45.